The van der Waals surface area contributed by atoms with Crippen LogP contribution in [0.15, 0.2) is 35.6 Å². The van der Waals surface area contributed by atoms with Crippen LogP contribution < -0.4 is 4.74 Å². The van der Waals surface area contributed by atoms with Crippen molar-refractivity contribution in [1.29, 1.82) is 0 Å². The molecule has 25 heavy (non-hydrogen) atoms. The minimum Gasteiger partial charge on any atom is -0.493 e. The van der Waals surface area contributed by atoms with E-state index in [0.29, 0.717) is 22.1 Å². The molecule has 4 rings (SSSR count). The van der Waals surface area contributed by atoms with Crippen LogP contribution in [0.4, 0.5) is 4.39 Å². The van der Waals surface area contributed by atoms with E-state index in [1.165, 1.54) is 25.0 Å². The van der Waals surface area contributed by atoms with Gasteiger partial charge in [0.1, 0.15) is 11.6 Å². The molecule has 1 saturated carbocycles. The molecule has 1 aromatic carbocycles. The van der Waals surface area contributed by atoms with Crippen LogP contribution in [0.25, 0.3) is 11.0 Å². The van der Waals surface area contributed by atoms with E-state index in [-0.39, 0.29) is 11.6 Å². The van der Waals surface area contributed by atoms with Crippen LogP contribution in [0, 0.1) is 18.7 Å². The van der Waals surface area contributed by atoms with Crippen molar-refractivity contribution in [3.05, 3.63) is 47.5 Å². The molecule has 0 radical (unpaired) electrons. The molecule has 2 heterocycles. The second kappa shape index (κ2) is 6.55. The number of nitrogens with one attached hydrogen (secondary N) is 1. The monoisotopic (exact) mass is 359 g/mol. The number of aromatic nitrogens is 3. The van der Waals surface area contributed by atoms with E-state index in [1.807, 2.05) is 13.0 Å². The number of benzene rings is 1. The number of rotatable bonds is 6. The summed E-state index contributed by atoms with van der Waals surface area (Å²) in [7, 11) is -1.40. The third-order valence-corrected chi connectivity index (χ3v) is 5.50. The fourth-order valence-corrected chi connectivity index (χ4v) is 3.71. The predicted octanol–water partition coefficient (Wildman–Crippen LogP) is 3.50. The van der Waals surface area contributed by atoms with Crippen molar-refractivity contribution in [1.82, 2.24) is 15.0 Å². The molecule has 1 fully saturated rings. The van der Waals surface area contributed by atoms with E-state index < -0.39 is 10.8 Å². The molecule has 1 aliphatic carbocycles. The maximum Gasteiger partial charge on any atom is 0.197 e. The average Bonchev–Trinajstić information content (AvgIpc) is 3.32. The molecule has 7 heteroatoms. The summed E-state index contributed by atoms with van der Waals surface area (Å²) in [6.45, 7) is 2.65. The van der Waals surface area contributed by atoms with Crippen LogP contribution in [0.3, 0.4) is 0 Å². The number of imidazole rings is 1. The number of ether oxygens (including phenoxy) is 1. The highest BCUT2D eigenvalue weighted by Crippen LogP contribution is 2.30. The fourth-order valence-electron chi connectivity index (χ4n) is 2.61. The van der Waals surface area contributed by atoms with Crippen molar-refractivity contribution >= 4 is 21.8 Å². The standard InChI is InChI=1S/C18H18FN3O2S/c1-11-16(20-7-6-17(11)24-9-12-2-3-12)10-25(23)18-21-14-5-4-13(19)8-15(14)22-18/h4-8,12H,2-3,9-10H2,1H3,(H,21,22). The summed E-state index contributed by atoms with van der Waals surface area (Å²) in [4.78, 5) is 11.6. The van der Waals surface area contributed by atoms with Crippen molar-refractivity contribution in [2.75, 3.05) is 6.61 Å². The second-order valence-corrected chi connectivity index (χ2v) is 7.69. The molecule has 0 bridgehead atoms. The van der Waals surface area contributed by atoms with E-state index in [2.05, 4.69) is 15.0 Å². The van der Waals surface area contributed by atoms with Crippen molar-refractivity contribution in [2.24, 2.45) is 5.92 Å². The first-order chi connectivity index (χ1) is 12.1. The number of fused-ring (bicyclic) bond motifs is 1. The first-order valence-electron chi connectivity index (χ1n) is 8.21. The molecule has 0 spiro atoms. The quantitative estimate of drug-likeness (QED) is 0.731. The zero-order valence-electron chi connectivity index (χ0n) is 13.8. The Morgan fingerprint density at radius 1 is 1.36 bits per heavy atom. The Morgan fingerprint density at radius 3 is 3.00 bits per heavy atom. The molecule has 0 saturated heterocycles. The van der Waals surface area contributed by atoms with Gasteiger partial charge >= 0.3 is 0 Å². The van der Waals surface area contributed by atoms with Gasteiger partial charge in [0.15, 0.2) is 5.16 Å². The Bertz CT molecular complexity index is 953. The van der Waals surface area contributed by atoms with Crippen LogP contribution in [-0.4, -0.2) is 25.8 Å². The van der Waals surface area contributed by atoms with Gasteiger partial charge in [-0.2, -0.15) is 0 Å². The smallest absolute Gasteiger partial charge is 0.197 e. The van der Waals surface area contributed by atoms with Crippen molar-refractivity contribution in [2.45, 2.75) is 30.7 Å². The molecular weight excluding hydrogens is 341 g/mol. The van der Waals surface area contributed by atoms with Gasteiger partial charge in [-0.25, -0.2) is 9.37 Å². The van der Waals surface area contributed by atoms with Gasteiger partial charge in [0.25, 0.3) is 0 Å². The Balaban J connectivity index is 1.53. The Labute approximate surface area is 147 Å². The lowest BCUT2D eigenvalue weighted by Gasteiger charge is -2.11. The highest BCUT2D eigenvalue weighted by molar-refractivity contribution is 7.84. The summed E-state index contributed by atoms with van der Waals surface area (Å²) >= 11 is 0. The summed E-state index contributed by atoms with van der Waals surface area (Å²) in [6.07, 6.45) is 4.14. The van der Waals surface area contributed by atoms with E-state index >= 15 is 0 Å². The molecule has 1 aliphatic rings. The van der Waals surface area contributed by atoms with Crippen LogP contribution >= 0.6 is 0 Å². The lowest BCUT2D eigenvalue weighted by Crippen LogP contribution is -2.06. The SMILES string of the molecule is Cc1c(OCC2CC2)ccnc1CS(=O)c1nc2ccc(F)cc2[nH]1. The maximum atomic E-state index is 13.3. The number of halogens is 1. The second-order valence-electron chi connectivity index (χ2n) is 6.33. The molecule has 2 aromatic heterocycles. The van der Waals surface area contributed by atoms with Crippen LogP contribution in [0.5, 0.6) is 5.75 Å². The molecule has 5 nitrogen and oxygen atoms in total. The summed E-state index contributed by atoms with van der Waals surface area (Å²) in [6, 6.07) is 6.09. The van der Waals surface area contributed by atoms with E-state index in [9.17, 15) is 8.60 Å². The van der Waals surface area contributed by atoms with Crippen molar-refractivity contribution < 1.29 is 13.3 Å². The minimum absolute atomic E-state index is 0.231. The lowest BCUT2D eigenvalue weighted by atomic mass is 10.2. The number of pyridine rings is 1. The summed E-state index contributed by atoms with van der Waals surface area (Å²) < 4.78 is 31.8. The Hall–Kier alpha value is -2.28. The largest absolute Gasteiger partial charge is 0.493 e. The predicted molar refractivity (Wildman–Crippen MR) is 93.4 cm³/mol. The van der Waals surface area contributed by atoms with Gasteiger partial charge in [0, 0.05) is 11.8 Å². The number of hydrogen-bond donors (Lipinski definition) is 1. The van der Waals surface area contributed by atoms with Gasteiger partial charge in [-0.05, 0) is 49.9 Å². The van der Waals surface area contributed by atoms with Gasteiger partial charge in [-0.15, -0.1) is 0 Å². The van der Waals surface area contributed by atoms with Gasteiger partial charge in [0.05, 0.1) is 39.9 Å². The summed E-state index contributed by atoms with van der Waals surface area (Å²) in [5, 5.41) is 0.325. The van der Waals surface area contributed by atoms with Gasteiger partial charge in [-0.3, -0.25) is 9.19 Å². The minimum atomic E-state index is -1.40. The van der Waals surface area contributed by atoms with E-state index in [1.54, 1.807) is 12.3 Å². The Morgan fingerprint density at radius 2 is 2.20 bits per heavy atom. The summed E-state index contributed by atoms with van der Waals surface area (Å²) in [5.74, 6) is 1.34. The molecule has 1 unspecified atom stereocenters. The first-order valence-corrected chi connectivity index (χ1v) is 9.53. The first kappa shape index (κ1) is 16.2. The normalized spacial score (nSPS) is 15.4. The van der Waals surface area contributed by atoms with E-state index in [0.717, 1.165) is 23.6 Å². The molecule has 3 aromatic rings. The van der Waals surface area contributed by atoms with Gasteiger partial charge < -0.3 is 9.72 Å². The maximum absolute atomic E-state index is 13.3. The van der Waals surface area contributed by atoms with Crippen LogP contribution in [-0.2, 0) is 16.6 Å². The highest BCUT2D eigenvalue weighted by atomic mass is 32.2. The molecule has 1 N–H and O–H groups in total. The molecule has 0 aliphatic heterocycles. The van der Waals surface area contributed by atoms with Gasteiger partial charge in [0.2, 0.25) is 0 Å². The highest BCUT2D eigenvalue weighted by Gasteiger charge is 2.22. The number of aromatic amines is 1. The Kier molecular flexibility index (Phi) is 4.25. The van der Waals surface area contributed by atoms with Gasteiger partial charge in [-0.1, -0.05) is 0 Å². The van der Waals surface area contributed by atoms with E-state index in [4.69, 9.17) is 4.74 Å². The molecular formula is C18H18FN3O2S. The number of nitrogens with zero attached hydrogens (tertiary/aromatic N) is 2. The zero-order chi connectivity index (χ0) is 17.4. The van der Waals surface area contributed by atoms with Crippen LogP contribution in [0.2, 0.25) is 0 Å². The van der Waals surface area contributed by atoms with Crippen LogP contribution in [0.1, 0.15) is 24.1 Å². The fraction of sp³-hybridized carbons (Fsp3) is 0.333. The third-order valence-electron chi connectivity index (χ3n) is 4.34. The summed E-state index contributed by atoms with van der Waals surface area (Å²) in [5.41, 5.74) is 2.75. The zero-order valence-corrected chi connectivity index (χ0v) is 14.6. The average molecular weight is 359 g/mol. The van der Waals surface area contributed by atoms with Crippen molar-refractivity contribution in [3.63, 3.8) is 0 Å². The molecule has 0 amide bonds. The van der Waals surface area contributed by atoms with Crippen molar-refractivity contribution in [3.8, 4) is 5.75 Å². The lowest BCUT2D eigenvalue weighted by molar-refractivity contribution is 0.297. The molecule has 130 valence electrons. The number of H-pyrrole nitrogens is 1. The molecule has 1 atom stereocenters. The number of hydrogen-bond acceptors (Lipinski definition) is 4. The topological polar surface area (TPSA) is 67.9 Å². The third kappa shape index (κ3) is 3.56.